The third kappa shape index (κ3) is 2.31. The molecule has 1 N–H and O–H groups in total. The molecule has 1 heterocycles. The first-order valence-electron chi connectivity index (χ1n) is 7.62. The van der Waals surface area contributed by atoms with Crippen LogP contribution in [0.1, 0.15) is 11.1 Å². The minimum atomic E-state index is 0.930. The molecule has 4 rings (SSSR count). The van der Waals surface area contributed by atoms with Crippen LogP contribution < -0.4 is 0 Å². The molecule has 0 fully saturated rings. The number of aromatic nitrogens is 1. The molecule has 1 aromatic heterocycles. The summed E-state index contributed by atoms with van der Waals surface area (Å²) in [5.41, 5.74) is 5.03. The average Bonchev–Trinajstić information content (AvgIpc) is 2.96. The fourth-order valence-corrected chi connectivity index (χ4v) is 2.99. The first kappa shape index (κ1) is 12.9. The molecule has 1 heteroatoms. The Morgan fingerprint density at radius 3 is 2.41 bits per heavy atom. The second-order valence-electron chi connectivity index (χ2n) is 5.53. The van der Waals surface area contributed by atoms with Gasteiger partial charge in [-0.15, -0.1) is 0 Å². The Bertz CT molecular complexity index is 945. The van der Waals surface area contributed by atoms with Gasteiger partial charge in [-0.25, -0.2) is 0 Å². The van der Waals surface area contributed by atoms with E-state index in [2.05, 4.69) is 83.9 Å². The van der Waals surface area contributed by atoms with Crippen molar-refractivity contribution in [1.82, 2.24) is 4.98 Å². The lowest BCUT2D eigenvalue weighted by Gasteiger charge is -1.99. The van der Waals surface area contributed by atoms with Gasteiger partial charge in [0.25, 0.3) is 0 Å². The van der Waals surface area contributed by atoms with Crippen molar-refractivity contribution in [2.24, 2.45) is 0 Å². The monoisotopic (exact) mass is 283 g/mol. The number of para-hydroxylation sites is 2. The number of nitrogens with one attached hydrogen (secondary N) is 1. The van der Waals surface area contributed by atoms with Gasteiger partial charge in [0.2, 0.25) is 0 Å². The van der Waals surface area contributed by atoms with Gasteiger partial charge in [0, 0.05) is 16.3 Å². The number of fused-ring (bicyclic) bond motifs is 3. The van der Waals surface area contributed by atoms with E-state index in [1.54, 1.807) is 0 Å². The molecule has 0 radical (unpaired) electrons. The van der Waals surface area contributed by atoms with Crippen molar-refractivity contribution in [3.8, 4) is 0 Å². The molecule has 4 aromatic rings. The Hall–Kier alpha value is -2.80. The van der Waals surface area contributed by atoms with E-state index in [-0.39, 0.29) is 0 Å². The number of H-pyrrole nitrogens is 1. The molecule has 0 aliphatic rings. The summed E-state index contributed by atoms with van der Waals surface area (Å²) in [7, 11) is 0. The standard InChI is InChI=1S/C21H17N/c1-2-8-16(9-3-1)10-6-11-17-12-7-14-19-18-13-4-5-15-20(18)22-21(17)19/h1-10,12-15,22H,11H2. The molecule has 0 bridgehead atoms. The molecule has 0 aliphatic heterocycles. The van der Waals surface area contributed by atoms with Crippen LogP contribution in [0.3, 0.4) is 0 Å². The molecule has 22 heavy (non-hydrogen) atoms. The van der Waals surface area contributed by atoms with Gasteiger partial charge in [0.15, 0.2) is 0 Å². The molecule has 1 nitrogen and oxygen atoms in total. The molecular formula is C21H17N. The van der Waals surface area contributed by atoms with E-state index in [1.165, 1.54) is 32.9 Å². The molecular weight excluding hydrogens is 266 g/mol. The zero-order chi connectivity index (χ0) is 14.8. The zero-order valence-corrected chi connectivity index (χ0v) is 12.3. The summed E-state index contributed by atoms with van der Waals surface area (Å²) in [5.74, 6) is 0. The van der Waals surface area contributed by atoms with Crippen molar-refractivity contribution in [1.29, 1.82) is 0 Å². The molecule has 0 aliphatic carbocycles. The van der Waals surface area contributed by atoms with E-state index in [9.17, 15) is 0 Å². The van der Waals surface area contributed by atoms with Gasteiger partial charge in [-0.2, -0.15) is 0 Å². The highest BCUT2D eigenvalue weighted by atomic mass is 14.7. The third-order valence-electron chi connectivity index (χ3n) is 4.08. The number of aromatic amines is 1. The first-order chi connectivity index (χ1) is 10.9. The van der Waals surface area contributed by atoms with Crippen molar-refractivity contribution in [3.63, 3.8) is 0 Å². The molecule has 0 spiro atoms. The van der Waals surface area contributed by atoms with Gasteiger partial charge >= 0.3 is 0 Å². The number of allylic oxidation sites excluding steroid dienone is 1. The van der Waals surface area contributed by atoms with Gasteiger partial charge in [-0.05, 0) is 23.6 Å². The van der Waals surface area contributed by atoms with Crippen LogP contribution >= 0.6 is 0 Å². The smallest absolute Gasteiger partial charge is 0.0500 e. The maximum absolute atomic E-state index is 3.56. The summed E-state index contributed by atoms with van der Waals surface area (Å²) < 4.78 is 0. The molecule has 0 saturated carbocycles. The number of hydrogen-bond acceptors (Lipinski definition) is 0. The van der Waals surface area contributed by atoms with Crippen LogP contribution in [-0.4, -0.2) is 4.98 Å². The normalized spacial score (nSPS) is 11.6. The minimum Gasteiger partial charge on any atom is -0.354 e. The molecule has 106 valence electrons. The lowest BCUT2D eigenvalue weighted by atomic mass is 10.1. The van der Waals surface area contributed by atoms with Gasteiger partial charge in [-0.1, -0.05) is 78.9 Å². The highest BCUT2D eigenvalue weighted by Crippen LogP contribution is 2.27. The second kappa shape index (κ2) is 5.53. The Labute approximate surface area is 129 Å². The topological polar surface area (TPSA) is 15.8 Å². The summed E-state index contributed by atoms with van der Waals surface area (Å²) in [6, 6.07) is 25.5. The maximum Gasteiger partial charge on any atom is 0.0500 e. The fourth-order valence-electron chi connectivity index (χ4n) is 2.99. The summed E-state index contributed by atoms with van der Waals surface area (Å²) in [4.78, 5) is 3.56. The molecule has 0 amide bonds. The van der Waals surface area contributed by atoms with Crippen LogP contribution in [0.15, 0.2) is 78.9 Å². The molecule has 3 aromatic carbocycles. The zero-order valence-electron chi connectivity index (χ0n) is 12.3. The Balaban J connectivity index is 1.71. The molecule has 0 unspecified atom stereocenters. The van der Waals surface area contributed by atoms with Crippen LogP contribution in [0, 0.1) is 0 Å². The van der Waals surface area contributed by atoms with Crippen molar-refractivity contribution in [3.05, 3.63) is 90.0 Å². The summed E-state index contributed by atoms with van der Waals surface area (Å²) >= 11 is 0. The van der Waals surface area contributed by atoms with E-state index in [0.29, 0.717) is 0 Å². The molecule has 0 saturated heterocycles. The number of rotatable bonds is 3. The fraction of sp³-hybridized carbons (Fsp3) is 0.0476. The number of hydrogen-bond donors (Lipinski definition) is 1. The summed E-state index contributed by atoms with van der Waals surface area (Å²) in [6.07, 6.45) is 5.34. The van der Waals surface area contributed by atoms with Crippen molar-refractivity contribution in [2.45, 2.75) is 6.42 Å². The first-order valence-corrected chi connectivity index (χ1v) is 7.62. The van der Waals surface area contributed by atoms with E-state index >= 15 is 0 Å². The Kier molecular flexibility index (Phi) is 3.24. The number of benzene rings is 3. The Morgan fingerprint density at radius 2 is 1.50 bits per heavy atom. The Morgan fingerprint density at radius 1 is 0.727 bits per heavy atom. The van der Waals surface area contributed by atoms with Crippen molar-refractivity contribution in [2.75, 3.05) is 0 Å². The second-order valence-corrected chi connectivity index (χ2v) is 5.53. The van der Waals surface area contributed by atoms with Crippen LogP contribution in [0.25, 0.3) is 27.9 Å². The third-order valence-corrected chi connectivity index (χ3v) is 4.08. The van der Waals surface area contributed by atoms with Gasteiger partial charge in [-0.3, -0.25) is 0 Å². The molecule has 0 atom stereocenters. The maximum atomic E-state index is 3.56. The van der Waals surface area contributed by atoms with E-state index in [1.807, 2.05) is 6.07 Å². The predicted molar refractivity (Wildman–Crippen MR) is 95.0 cm³/mol. The van der Waals surface area contributed by atoms with Crippen molar-refractivity contribution < 1.29 is 0 Å². The van der Waals surface area contributed by atoms with Crippen molar-refractivity contribution >= 4 is 27.9 Å². The van der Waals surface area contributed by atoms with Crippen LogP contribution in [0.5, 0.6) is 0 Å². The van der Waals surface area contributed by atoms with E-state index < -0.39 is 0 Å². The van der Waals surface area contributed by atoms with E-state index in [0.717, 1.165) is 6.42 Å². The SMILES string of the molecule is C(=Cc1ccccc1)Cc1cccc2c1[nH]c1ccccc12. The largest absolute Gasteiger partial charge is 0.354 e. The lowest BCUT2D eigenvalue weighted by Crippen LogP contribution is -1.83. The summed E-state index contributed by atoms with van der Waals surface area (Å²) in [5, 5.41) is 2.60. The van der Waals surface area contributed by atoms with Gasteiger partial charge in [0.1, 0.15) is 0 Å². The van der Waals surface area contributed by atoms with Crippen LogP contribution in [-0.2, 0) is 6.42 Å². The predicted octanol–water partition coefficient (Wildman–Crippen LogP) is 5.58. The summed E-state index contributed by atoms with van der Waals surface area (Å²) in [6.45, 7) is 0. The highest BCUT2D eigenvalue weighted by Gasteiger charge is 2.06. The average molecular weight is 283 g/mol. The quantitative estimate of drug-likeness (QED) is 0.505. The minimum absolute atomic E-state index is 0.930. The van der Waals surface area contributed by atoms with E-state index in [4.69, 9.17) is 0 Å². The lowest BCUT2D eigenvalue weighted by molar-refractivity contribution is 1.29. The van der Waals surface area contributed by atoms with Crippen LogP contribution in [0.2, 0.25) is 0 Å². The van der Waals surface area contributed by atoms with Gasteiger partial charge in [0.05, 0.1) is 5.52 Å². The van der Waals surface area contributed by atoms with Gasteiger partial charge < -0.3 is 4.98 Å². The van der Waals surface area contributed by atoms with Crippen LogP contribution in [0.4, 0.5) is 0 Å². The highest BCUT2D eigenvalue weighted by molar-refractivity contribution is 6.08.